The Morgan fingerprint density at radius 3 is 2.18 bits per heavy atom. The van der Waals surface area contributed by atoms with Crippen LogP contribution in [0.15, 0.2) is 0 Å². The van der Waals surface area contributed by atoms with E-state index in [1.807, 2.05) is 0 Å². The third-order valence-electron chi connectivity index (χ3n) is 1.73. The Morgan fingerprint density at radius 2 is 1.91 bits per heavy atom. The topological polar surface area (TPSA) is 37.3 Å². The number of carbonyl (C=O) groups is 1. The number of carboxylic acids is 1. The van der Waals surface area contributed by atoms with Crippen LogP contribution in [0.2, 0.25) is 0 Å². The van der Waals surface area contributed by atoms with Gasteiger partial charge in [0.2, 0.25) is 0 Å². The van der Waals surface area contributed by atoms with Crippen molar-refractivity contribution in [3.05, 3.63) is 0 Å². The van der Waals surface area contributed by atoms with E-state index in [-0.39, 0.29) is 26.2 Å². The van der Waals surface area contributed by atoms with Crippen molar-refractivity contribution in [1.82, 2.24) is 0 Å². The van der Waals surface area contributed by atoms with Gasteiger partial charge >= 0.3 is 5.97 Å². The van der Waals surface area contributed by atoms with Crippen molar-refractivity contribution >= 4 is 5.97 Å². The number of aliphatic carboxylic acids is 1. The first-order valence-electron chi connectivity index (χ1n) is 3.74. The van der Waals surface area contributed by atoms with Gasteiger partial charge in [0.1, 0.15) is 0 Å². The van der Waals surface area contributed by atoms with Crippen molar-refractivity contribution in [3.63, 3.8) is 0 Å². The Labute approximate surface area is 87.5 Å². The molecule has 0 fully saturated rings. The van der Waals surface area contributed by atoms with Gasteiger partial charge in [-0.05, 0) is 20.3 Å². The molecule has 0 aliphatic rings. The summed E-state index contributed by atoms with van der Waals surface area (Å²) in [5.41, 5.74) is -0.532. The molecule has 3 heteroatoms. The third kappa shape index (κ3) is 5.60. The molecule has 11 heavy (non-hydrogen) atoms. The SMILES string of the molecule is CCCCC(C)(C)C(=O)O.[Zr]. The summed E-state index contributed by atoms with van der Waals surface area (Å²) in [4.78, 5) is 10.5. The standard InChI is InChI=1S/C8H16O2.Zr/c1-4-5-6-8(2,3)7(9)10;/h4-6H2,1-3H3,(H,9,10);. The van der Waals surface area contributed by atoms with Crippen molar-refractivity contribution < 1.29 is 36.1 Å². The van der Waals surface area contributed by atoms with Gasteiger partial charge in [-0.3, -0.25) is 4.79 Å². The molecule has 0 amide bonds. The minimum absolute atomic E-state index is 0. The van der Waals surface area contributed by atoms with E-state index in [2.05, 4.69) is 6.92 Å². The van der Waals surface area contributed by atoms with Gasteiger partial charge in [-0.2, -0.15) is 0 Å². The van der Waals surface area contributed by atoms with E-state index in [9.17, 15) is 4.79 Å². The first-order valence-corrected chi connectivity index (χ1v) is 3.74. The van der Waals surface area contributed by atoms with E-state index in [4.69, 9.17) is 5.11 Å². The molecular formula is C8H16O2Zr. The van der Waals surface area contributed by atoms with E-state index < -0.39 is 11.4 Å². The van der Waals surface area contributed by atoms with Gasteiger partial charge in [0.25, 0.3) is 0 Å². The van der Waals surface area contributed by atoms with Crippen LogP contribution < -0.4 is 0 Å². The van der Waals surface area contributed by atoms with Crippen LogP contribution in [0.1, 0.15) is 40.0 Å². The van der Waals surface area contributed by atoms with Gasteiger partial charge in [0, 0.05) is 26.2 Å². The van der Waals surface area contributed by atoms with E-state index in [1.165, 1.54) is 0 Å². The molecule has 0 aromatic carbocycles. The predicted octanol–water partition coefficient (Wildman–Crippen LogP) is 2.28. The summed E-state index contributed by atoms with van der Waals surface area (Å²) in [6.07, 6.45) is 2.84. The monoisotopic (exact) mass is 234 g/mol. The van der Waals surface area contributed by atoms with Crippen LogP contribution in [0.3, 0.4) is 0 Å². The van der Waals surface area contributed by atoms with Gasteiger partial charge in [-0.1, -0.05) is 19.8 Å². The summed E-state index contributed by atoms with van der Waals surface area (Å²) < 4.78 is 0. The normalized spacial score (nSPS) is 10.5. The molecule has 0 atom stereocenters. The zero-order valence-electron chi connectivity index (χ0n) is 7.48. The predicted molar refractivity (Wildman–Crippen MR) is 40.9 cm³/mol. The largest absolute Gasteiger partial charge is 0.481 e. The molecule has 64 valence electrons. The van der Waals surface area contributed by atoms with E-state index in [1.54, 1.807) is 13.8 Å². The first kappa shape index (κ1) is 13.9. The summed E-state index contributed by atoms with van der Waals surface area (Å²) >= 11 is 0. The van der Waals surface area contributed by atoms with E-state index in [0.29, 0.717) is 0 Å². The molecule has 0 saturated carbocycles. The van der Waals surface area contributed by atoms with Crippen LogP contribution in [0.25, 0.3) is 0 Å². The molecule has 0 aliphatic carbocycles. The van der Waals surface area contributed by atoms with Crippen LogP contribution in [-0.2, 0) is 31.0 Å². The van der Waals surface area contributed by atoms with Crippen LogP contribution in [0.5, 0.6) is 0 Å². The smallest absolute Gasteiger partial charge is 0.309 e. The first-order chi connectivity index (χ1) is 4.50. The van der Waals surface area contributed by atoms with Crippen molar-refractivity contribution in [2.45, 2.75) is 40.0 Å². The van der Waals surface area contributed by atoms with E-state index in [0.717, 1.165) is 19.3 Å². The Hall–Kier alpha value is 0.353. The average molecular weight is 235 g/mol. The van der Waals surface area contributed by atoms with Crippen molar-refractivity contribution in [2.75, 3.05) is 0 Å². The summed E-state index contributed by atoms with van der Waals surface area (Å²) in [6, 6.07) is 0. The molecule has 0 spiro atoms. The maximum absolute atomic E-state index is 10.5. The molecule has 0 heterocycles. The van der Waals surface area contributed by atoms with E-state index >= 15 is 0 Å². The Bertz CT molecular complexity index is 121. The Morgan fingerprint density at radius 1 is 1.45 bits per heavy atom. The van der Waals surface area contributed by atoms with Crippen molar-refractivity contribution in [3.8, 4) is 0 Å². The van der Waals surface area contributed by atoms with Gasteiger partial charge in [0.05, 0.1) is 5.41 Å². The van der Waals surface area contributed by atoms with Gasteiger partial charge in [0.15, 0.2) is 0 Å². The van der Waals surface area contributed by atoms with Gasteiger partial charge < -0.3 is 5.11 Å². The molecular weight excluding hydrogens is 219 g/mol. The molecule has 0 bridgehead atoms. The molecule has 0 unspecified atom stereocenters. The fraction of sp³-hybridized carbons (Fsp3) is 0.875. The molecule has 0 radical (unpaired) electrons. The minimum atomic E-state index is -0.694. The second-order valence-corrected chi connectivity index (χ2v) is 3.29. The summed E-state index contributed by atoms with van der Waals surface area (Å²) in [6.45, 7) is 5.61. The van der Waals surface area contributed by atoms with Crippen LogP contribution >= 0.6 is 0 Å². The van der Waals surface area contributed by atoms with Crippen molar-refractivity contribution in [2.24, 2.45) is 5.41 Å². The molecule has 1 N–H and O–H groups in total. The fourth-order valence-electron chi connectivity index (χ4n) is 0.726. The average Bonchev–Trinajstić information content (AvgIpc) is 1.84. The maximum Gasteiger partial charge on any atom is 0.309 e. The Balaban J connectivity index is 0. The number of hydrogen-bond donors (Lipinski definition) is 1. The third-order valence-corrected chi connectivity index (χ3v) is 1.73. The molecule has 2 nitrogen and oxygen atoms in total. The minimum Gasteiger partial charge on any atom is -0.481 e. The number of rotatable bonds is 4. The van der Waals surface area contributed by atoms with Gasteiger partial charge in [-0.15, -0.1) is 0 Å². The molecule has 0 aliphatic heterocycles. The summed E-state index contributed by atoms with van der Waals surface area (Å²) in [7, 11) is 0. The van der Waals surface area contributed by atoms with Crippen LogP contribution in [0, 0.1) is 5.41 Å². The molecule has 0 aromatic heterocycles. The zero-order valence-corrected chi connectivity index (χ0v) is 9.93. The summed E-state index contributed by atoms with van der Waals surface area (Å²) in [5, 5.41) is 8.67. The molecule has 0 rings (SSSR count). The second kappa shape index (κ2) is 5.94. The van der Waals surface area contributed by atoms with Crippen LogP contribution in [0.4, 0.5) is 0 Å². The second-order valence-electron chi connectivity index (χ2n) is 3.29. The molecule has 0 aromatic rings. The van der Waals surface area contributed by atoms with Crippen molar-refractivity contribution in [1.29, 1.82) is 0 Å². The number of carboxylic acid groups (broad SMARTS) is 1. The number of hydrogen-bond acceptors (Lipinski definition) is 1. The summed E-state index contributed by atoms with van der Waals surface area (Å²) in [5.74, 6) is -0.694. The quantitative estimate of drug-likeness (QED) is 0.812. The zero-order chi connectivity index (χ0) is 8.20. The maximum atomic E-state index is 10.5. The Kier molecular flexibility index (Phi) is 7.51. The van der Waals surface area contributed by atoms with Crippen LogP contribution in [-0.4, -0.2) is 11.1 Å². The van der Waals surface area contributed by atoms with Gasteiger partial charge in [-0.25, -0.2) is 0 Å². The fourth-order valence-corrected chi connectivity index (χ4v) is 0.726. The molecule has 0 saturated heterocycles. The number of unbranched alkanes of at least 4 members (excludes halogenated alkanes) is 1.